The molecule has 0 fully saturated rings. The van der Waals surface area contributed by atoms with Crippen LogP contribution in [0.4, 0.5) is 0 Å². The summed E-state index contributed by atoms with van der Waals surface area (Å²) in [6.07, 6.45) is 1.48. The minimum absolute atomic E-state index is 0.0237. The quantitative estimate of drug-likeness (QED) is 0.767. The third kappa shape index (κ3) is 3.02. The number of sulfonamides is 1. The van der Waals surface area contributed by atoms with Crippen molar-refractivity contribution in [3.8, 4) is 0 Å². The van der Waals surface area contributed by atoms with Gasteiger partial charge in [-0.15, -0.1) is 0 Å². The molecule has 8 heteroatoms. The molecule has 0 unspecified atom stereocenters. The first-order valence-corrected chi connectivity index (χ1v) is 6.92. The van der Waals surface area contributed by atoms with Crippen LogP contribution >= 0.6 is 12.2 Å². The van der Waals surface area contributed by atoms with Gasteiger partial charge in [-0.2, -0.15) is 4.31 Å². The van der Waals surface area contributed by atoms with Gasteiger partial charge in [0.1, 0.15) is 5.82 Å². The molecule has 1 aromatic heterocycles. The molecule has 2 N–H and O–H groups in total. The Morgan fingerprint density at radius 2 is 2.24 bits per heavy atom. The van der Waals surface area contributed by atoms with E-state index in [-0.39, 0.29) is 16.6 Å². The molecule has 0 atom stereocenters. The van der Waals surface area contributed by atoms with Gasteiger partial charge in [0.15, 0.2) is 5.03 Å². The molecular formula is C9H16N4O2S2. The zero-order valence-electron chi connectivity index (χ0n) is 10.0. The molecular weight excluding hydrogens is 260 g/mol. The Morgan fingerprint density at radius 3 is 2.59 bits per heavy atom. The summed E-state index contributed by atoms with van der Waals surface area (Å²) in [4.78, 5) is 4.15. The molecule has 17 heavy (non-hydrogen) atoms. The van der Waals surface area contributed by atoms with Crippen molar-refractivity contribution in [3.63, 3.8) is 0 Å². The molecule has 0 bridgehead atoms. The molecule has 0 amide bonds. The topological polar surface area (TPSA) is 81.2 Å². The lowest BCUT2D eigenvalue weighted by molar-refractivity contribution is 0.465. The molecule has 96 valence electrons. The van der Waals surface area contributed by atoms with Crippen molar-refractivity contribution in [1.29, 1.82) is 0 Å². The van der Waals surface area contributed by atoms with Gasteiger partial charge < -0.3 is 10.3 Å². The van der Waals surface area contributed by atoms with Gasteiger partial charge >= 0.3 is 0 Å². The van der Waals surface area contributed by atoms with Crippen molar-refractivity contribution >= 4 is 27.2 Å². The van der Waals surface area contributed by atoms with Crippen LogP contribution in [0.1, 0.15) is 12.7 Å². The Bertz CT molecular complexity index is 502. The number of hydrogen-bond donors (Lipinski definition) is 1. The third-order valence-corrected chi connectivity index (χ3v) is 4.30. The number of hydrogen-bond acceptors (Lipinski definition) is 4. The number of nitrogens with two attached hydrogens (primary N) is 1. The van der Waals surface area contributed by atoms with E-state index in [0.717, 1.165) is 0 Å². The van der Waals surface area contributed by atoms with Gasteiger partial charge in [-0.1, -0.05) is 19.1 Å². The molecule has 6 nitrogen and oxygen atoms in total. The summed E-state index contributed by atoms with van der Waals surface area (Å²) in [5.74, 6) is 0.634. The van der Waals surface area contributed by atoms with Crippen LogP contribution in [0.2, 0.25) is 0 Å². The summed E-state index contributed by atoms with van der Waals surface area (Å²) >= 11 is 4.73. The summed E-state index contributed by atoms with van der Waals surface area (Å²) in [7, 11) is -1.87. The fraction of sp³-hybridized carbons (Fsp3) is 0.556. The number of aryl methyl sites for hydroxylation is 2. The van der Waals surface area contributed by atoms with Crippen molar-refractivity contribution in [2.75, 3.05) is 13.1 Å². The first-order chi connectivity index (χ1) is 7.78. The van der Waals surface area contributed by atoms with Gasteiger partial charge in [-0.3, -0.25) is 0 Å². The van der Waals surface area contributed by atoms with Crippen molar-refractivity contribution in [2.45, 2.75) is 18.9 Å². The number of likely N-dealkylation sites (N-methyl/N-ethyl adjacent to an activating group) is 1. The minimum atomic E-state index is -3.61. The molecule has 0 aliphatic rings. The Kier molecular flexibility index (Phi) is 4.23. The third-order valence-electron chi connectivity index (χ3n) is 2.38. The maximum atomic E-state index is 12.2. The lowest BCUT2D eigenvalue weighted by Crippen LogP contribution is -2.37. The Morgan fingerprint density at radius 1 is 1.65 bits per heavy atom. The van der Waals surface area contributed by atoms with Crippen LogP contribution in [0.15, 0.2) is 11.2 Å². The average Bonchev–Trinajstić information content (AvgIpc) is 2.56. The Labute approximate surface area is 106 Å². The maximum Gasteiger partial charge on any atom is 0.262 e. The Hall–Kier alpha value is -0.990. The minimum Gasteiger partial charge on any atom is -0.392 e. The van der Waals surface area contributed by atoms with Crippen LogP contribution < -0.4 is 5.73 Å². The average molecular weight is 276 g/mol. The Balaban J connectivity index is 3.12. The van der Waals surface area contributed by atoms with Gasteiger partial charge in [-0.25, -0.2) is 13.4 Å². The van der Waals surface area contributed by atoms with Gasteiger partial charge in [0, 0.05) is 19.8 Å². The molecule has 1 rings (SSSR count). The molecule has 0 aliphatic carbocycles. The monoisotopic (exact) mass is 276 g/mol. The van der Waals surface area contributed by atoms with Crippen molar-refractivity contribution in [3.05, 3.63) is 12.0 Å². The SMILES string of the molecule is CCN(CC(N)=S)S(=O)(=O)c1cn(C)c(C)n1. The second kappa shape index (κ2) is 5.11. The molecule has 0 saturated carbocycles. The van der Waals surface area contributed by atoms with Crippen LogP contribution in [-0.4, -0.2) is 40.4 Å². The number of rotatable bonds is 5. The van der Waals surface area contributed by atoms with E-state index >= 15 is 0 Å². The van der Waals surface area contributed by atoms with Crippen LogP contribution in [0.25, 0.3) is 0 Å². The highest BCUT2D eigenvalue weighted by atomic mass is 32.2. The van der Waals surface area contributed by atoms with E-state index in [0.29, 0.717) is 12.4 Å². The van der Waals surface area contributed by atoms with Crippen molar-refractivity contribution in [1.82, 2.24) is 13.9 Å². The number of thiocarbonyl (C=S) groups is 1. The van der Waals surface area contributed by atoms with Crippen LogP contribution in [0.5, 0.6) is 0 Å². The highest BCUT2D eigenvalue weighted by Crippen LogP contribution is 2.14. The molecule has 0 aliphatic heterocycles. The van der Waals surface area contributed by atoms with E-state index < -0.39 is 10.0 Å². The van der Waals surface area contributed by atoms with Crippen LogP contribution in [0.3, 0.4) is 0 Å². The normalized spacial score (nSPS) is 12.0. The van der Waals surface area contributed by atoms with Gasteiger partial charge in [0.2, 0.25) is 0 Å². The van der Waals surface area contributed by atoms with Crippen molar-refractivity contribution in [2.24, 2.45) is 12.8 Å². The lowest BCUT2D eigenvalue weighted by Gasteiger charge is -2.17. The molecule has 0 aromatic carbocycles. The first-order valence-electron chi connectivity index (χ1n) is 5.07. The second-order valence-electron chi connectivity index (χ2n) is 3.63. The van der Waals surface area contributed by atoms with Crippen LogP contribution in [0, 0.1) is 6.92 Å². The fourth-order valence-electron chi connectivity index (χ4n) is 1.32. The van der Waals surface area contributed by atoms with E-state index in [4.69, 9.17) is 18.0 Å². The fourth-order valence-corrected chi connectivity index (χ4v) is 3.01. The number of imidazole rings is 1. The van der Waals surface area contributed by atoms with E-state index in [1.165, 1.54) is 10.5 Å². The largest absolute Gasteiger partial charge is 0.392 e. The second-order valence-corrected chi connectivity index (χ2v) is 6.04. The van der Waals surface area contributed by atoms with Gasteiger partial charge in [0.05, 0.1) is 11.5 Å². The molecule has 0 saturated heterocycles. The van der Waals surface area contributed by atoms with E-state index in [9.17, 15) is 8.42 Å². The molecule has 1 heterocycles. The summed E-state index contributed by atoms with van der Waals surface area (Å²) in [5, 5.41) is 0.0237. The van der Waals surface area contributed by atoms with E-state index in [1.807, 2.05) is 0 Å². The van der Waals surface area contributed by atoms with Crippen molar-refractivity contribution < 1.29 is 8.42 Å². The summed E-state index contributed by atoms with van der Waals surface area (Å²) in [6.45, 7) is 3.80. The van der Waals surface area contributed by atoms with Crippen LogP contribution in [-0.2, 0) is 17.1 Å². The highest BCUT2D eigenvalue weighted by Gasteiger charge is 2.26. The number of nitrogens with zero attached hydrogens (tertiary/aromatic N) is 3. The van der Waals surface area contributed by atoms with Gasteiger partial charge in [-0.05, 0) is 6.92 Å². The summed E-state index contributed by atoms with van der Waals surface area (Å²) in [6, 6.07) is 0. The highest BCUT2D eigenvalue weighted by molar-refractivity contribution is 7.89. The molecule has 0 radical (unpaired) electrons. The standard InChI is InChI=1S/C9H16N4O2S2/c1-4-13(5-8(10)16)17(14,15)9-6-12(3)7(2)11-9/h6H,4-5H2,1-3H3,(H2,10,16). The summed E-state index contributed by atoms with van der Waals surface area (Å²) in [5.41, 5.74) is 5.38. The number of aromatic nitrogens is 2. The first kappa shape index (κ1) is 14.1. The van der Waals surface area contributed by atoms with E-state index in [2.05, 4.69) is 4.98 Å². The van der Waals surface area contributed by atoms with E-state index in [1.54, 1.807) is 25.5 Å². The predicted molar refractivity (Wildman–Crippen MR) is 69.2 cm³/mol. The zero-order valence-corrected chi connectivity index (χ0v) is 11.7. The van der Waals surface area contributed by atoms with Gasteiger partial charge in [0.25, 0.3) is 10.0 Å². The molecule has 0 spiro atoms. The molecule has 1 aromatic rings. The lowest BCUT2D eigenvalue weighted by atomic mass is 10.6. The zero-order chi connectivity index (χ0) is 13.2. The maximum absolute atomic E-state index is 12.2. The summed E-state index contributed by atoms with van der Waals surface area (Å²) < 4.78 is 27.3. The predicted octanol–water partition coefficient (Wildman–Crippen LogP) is 0.0252. The smallest absolute Gasteiger partial charge is 0.262 e.